The molecule has 0 aliphatic rings. The van der Waals surface area contributed by atoms with E-state index in [4.69, 9.17) is 28.9 Å². The second-order valence-corrected chi connectivity index (χ2v) is 3.21. The number of halogens is 3. The molecule has 10 heavy (non-hydrogen) atoms. The summed E-state index contributed by atoms with van der Waals surface area (Å²) >= 11 is 14.3. The highest BCUT2D eigenvalue weighted by Gasteiger charge is 2.02. The number of aromatic nitrogens is 1. The summed E-state index contributed by atoms with van der Waals surface area (Å²) in [7, 11) is 0. The van der Waals surface area contributed by atoms with Crippen LogP contribution in [0.25, 0.3) is 0 Å². The summed E-state index contributed by atoms with van der Waals surface area (Å²) in [6, 6.07) is 1.61. The van der Waals surface area contributed by atoms with E-state index < -0.39 is 0 Å². The molecule has 0 fully saturated rings. The third kappa shape index (κ3) is 1.54. The Morgan fingerprint density at radius 3 is 2.50 bits per heavy atom. The van der Waals surface area contributed by atoms with Gasteiger partial charge in [-0.3, -0.25) is 0 Å². The number of nitrogens with zero attached hydrogens (tertiary/aromatic N) is 1. The van der Waals surface area contributed by atoms with Crippen LogP contribution in [0.5, 0.6) is 0 Å². The van der Waals surface area contributed by atoms with Gasteiger partial charge in [0.2, 0.25) is 0 Å². The van der Waals surface area contributed by atoms with Crippen molar-refractivity contribution in [1.82, 2.24) is 4.98 Å². The Labute approximate surface area is 76.5 Å². The van der Waals surface area contributed by atoms with Crippen molar-refractivity contribution in [3.05, 3.63) is 20.8 Å². The van der Waals surface area contributed by atoms with Crippen molar-refractivity contribution in [3.8, 4) is 0 Å². The molecule has 0 amide bonds. The maximum Gasteiger partial charge on any atom is 0.153 e. The summed E-state index contributed by atoms with van der Waals surface area (Å²) in [4.78, 5) is 3.73. The molecule has 5 heteroatoms. The topological polar surface area (TPSA) is 38.9 Å². The minimum Gasteiger partial charge on any atom is -0.396 e. The first-order chi connectivity index (χ1) is 4.61. The molecule has 1 heterocycles. The zero-order valence-corrected chi connectivity index (χ0v) is 7.83. The van der Waals surface area contributed by atoms with E-state index in [-0.39, 0.29) is 5.15 Å². The molecule has 0 saturated carbocycles. The average Bonchev–Trinajstić information content (AvgIpc) is 1.84. The van der Waals surface area contributed by atoms with Crippen LogP contribution in [-0.4, -0.2) is 4.98 Å². The molecule has 0 aliphatic heterocycles. The molecule has 1 rings (SSSR count). The molecule has 2 N–H and O–H groups in total. The van der Waals surface area contributed by atoms with Gasteiger partial charge in [-0.25, -0.2) is 4.98 Å². The number of anilines is 1. The van der Waals surface area contributed by atoms with Crippen LogP contribution in [0, 0.1) is 0 Å². The van der Waals surface area contributed by atoms with Gasteiger partial charge in [-0.15, -0.1) is 0 Å². The SMILES string of the molecule is Nc1cc(Br)c(Cl)nc1Cl. The summed E-state index contributed by atoms with van der Waals surface area (Å²) in [6.07, 6.45) is 0. The van der Waals surface area contributed by atoms with Crippen LogP contribution in [0.3, 0.4) is 0 Å². The average molecular weight is 242 g/mol. The molecule has 54 valence electrons. The van der Waals surface area contributed by atoms with Gasteiger partial charge in [-0.1, -0.05) is 23.2 Å². The van der Waals surface area contributed by atoms with Crippen LogP contribution in [0.15, 0.2) is 10.5 Å². The third-order valence-electron chi connectivity index (χ3n) is 0.914. The van der Waals surface area contributed by atoms with Gasteiger partial charge >= 0.3 is 0 Å². The number of nitrogens with two attached hydrogens (primary N) is 1. The van der Waals surface area contributed by atoms with Crippen molar-refractivity contribution >= 4 is 44.8 Å². The zero-order chi connectivity index (χ0) is 7.72. The van der Waals surface area contributed by atoms with Crippen LogP contribution < -0.4 is 5.73 Å². The van der Waals surface area contributed by atoms with Gasteiger partial charge in [0.05, 0.1) is 10.2 Å². The van der Waals surface area contributed by atoms with Gasteiger partial charge in [0.25, 0.3) is 0 Å². The summed E-state index contributed by atoms with van der Waals surface area (Å²) in [5, 5.41) is 0.549. The van der Waals surface area contributed by atoms with Crippen molar-refractivity contribution < 1.29 is 0 Å². The van der Waals surface area contributed by atoms with Crippen molar-refractivity contribution in [2.24, 2.45) is 0 Å². The fraction of sp³-hybridized carbons (Fsp3) is 0. The normalized spacial score (nSPS) is 9.90. The van der Waals surface area contributed by atoms with E-state index in [1.54, 1.807) is 6.07 Å². The van der Waals surface area contributed by atoms with Gasteiger partial charge in [0.15, 0.2) is 5.15 Å². The molecule has 0 unspecified atom stereocenters. The lowest BCUT2D eigenvalue weighted by Gasteiger charge is -1.98. The van der Waals surface area contributed by atoms with Crippen LogP contribution in [0.2, 0.25) is 10.3 Å². The molecule has 0 bridgehead atoms. The van der Waals surface area contributed by atoms with E-state index in [0.717, 1.165) is 0 Å². The number of hydrogen-bond donors (Lipinski definition) is 1. The van der Waals surface area contributed by atoms with Gasteiger partial charge in [-0.2, -0.15) is 0 Å². The highest BCUT2D eigenvalue weighted by atomic mass is 79.9. The van der Waals surface area contributed by atoms with E-state index >= 15 is 0 Å². The standard InChI is InChI=1S/C5H3BrCl2N2/c6-2-1-3(9)5(8)10-4(2)7/h1H,9H2. The second-order valence-electron chi connectivity index (χ2n) is 1.64. The monoisotopic (exact) mass is 240 g/mol. The minimum absolute atomic E-state index is 0.230. The molecule has 0 saturated heterocycles. The first-order valence-corrected chi connectivity index (χ1v) is 3.93. The second kappa shape index (κ2) is 2.95. The third-order valence-corrected chi connectivity index (χ3v) is 2.34. The fourth-order valence-electron chi connectivity index (χ4n) is 0.460. The number of pyridine rings is 1. The highest BCUT2D eigenvalue weighted by molar-refractivity contribution is 9.10. The van der Waals surface area contributed by atoms with E-state index in [9.17, 15) is 0 Å². The first kappa shape index (κ1) is 8.11. The van der Waals surface area contributed by atoms with Crippen molar-refractivity contribution in [1.29, 1.82) is 0 Å². The van der Waals surface area contributed by atoms with Crippen molar-refractivity contribution in [3.63, 3.8) is 0 Å². The smallest absolute Gasteiger partial charge is 0.153 e. The quantitative estimate of drug-likeness (QED) is 0.710. The summed E-state index contributed by atoms with van der Waals surface area (Å²) in [6.45, 7) is 0. The first-order valence-electron chi connectivity index (χ1n) is 2.38. The maximum atomic E-state index is 5.59. The molecule has 2 nitrogen and oxygen atoms in total. The maximum absolute atomic E-state index is 5.59. The van der Waals surface area contributed by atoms with Gasteiger partial charge < -0.3 is 5.73 Å². The van der Waals surface area contributed by atoms with Gasteiger partial charge in [0.1, 0.15) is 5.15 Å². The molecule has 1 aromatic rings. The fourth-order valence-corrected chi connectivity index (χ4v) is 1.12. The Morgan fingerprint density at radius 2 is 2.00 bits per heavy atom. The van der Waals surface area contributed by atoms with Gasteiger partial charge in [0, 0.05) is 0 Å². The van der Waals surface area contributed by atoms with Gasteiger partial charge in [-0.05, 0) is 22.0 Å². The molecular formula is C5H3BrCl2N2. The van der Waals surface area contributed by atoms with Crippen LogP contribution in [-0.2, 0) is 0 Å². The Morgan fingerprint density at radius 1 is 1.40 bits per heavy atom. The van der Waals surface area contributed by atoms with Crippen LogP contribution in [0.4, 0.5) is 5.69 Å². The molecular weight excluding hydrogens is 239 g/mol. The molecule has 0 radical (unpaired) electrons. The molecule has 0 aliphatic carbocycles. The molecule has 0 atom stereocenters. The van der Waals surface area contributed by atoms with Crippen molar-refractivity contribution in [2.75, 3.05) is 5.73 Å². The van der Waals surface area contributed by atoms with E-state index in [1.807, 2.05) is 0 Å². The van der Waals surface area contributed by atoms with E-state index in [0.29, 0.717) is 15.3 Å². The molecule has 1 aromatic heterocycles. The van der Waals surface area contributed by atoms with E-state index in [2.05, 4.69) is 20.9 Å². The Kier molecular flexibility index (Phi) is 2.39. The highest BCUT2D eigenvalue weighted by Crippen LogP contribution is 2.26. The summed E-state index contributed by atoms with van der Waals surface area (Å²) in [5.41, 5.74) is 5.82. The summed E-state index contributed by atoms with van der Waals surface area (Å²) in [5.74, 6) is 0. The zero-order valence-electron chi connectivity index (χ0n) is 4.74. The lowest BCUT2D eigenvalue weighted by molar-refractivity contribution is 1.31. The summed E-state index contributed by atoms with van der Waals surface area (Å²) < 4.78 is 0.649. The predicted molar refractivity (Wildman–Crippen MR) is 46.4 cm³/mol. The van der Waals surface area contributed by atoms with Crippen LogP contribution in [0.1, 0.15) is 0 Å². The van der Waals surface area contributed by atoms with Crippen LogP contribution >= 0.6 is 39.1 Å². The number of hydrogen-bond acceptors (Lipinski definition) is 2. The Balaban J connectivity index is 3.28. The largest absolute Gasteiger partial charge is 0.396 e. The Bertz CT molecular complexity index is 214. The Hall–Kier alpha value is 0.01000. The minimum atomic E-state index is 0.230. The molecule has 0 spiro atoms. The predicted octanol–water partition coefficient (Wildman–Crippen LogP) is 2.73. The lowest BCUT2D eigenvalue weighted by atomic mass is 10.4. The number of rotatable bonds is 0. The lowest BCUT2D eigenvalue weighted by Crippen LogP contribution is -1.89. The molecule has 0 aromatic carbocycles. The van der Waals surface area contributed by atoms with Crippen molar-refractivity contribution in [2.45, 2.75) is 0 Å². The van der Waals surface area contributed by atoms with E-state index in [1.165, 1.54) is 0 Å². The number of nitrogen functional groups attached to an aromatic ring is 1.